The summed E-state index contributed by atoms with van der Waals surface area (Å²) in [5, 5.41) is 11.8. The van der Waals surface area contributed by atoms with E-state index in [4.69, 9.17) is 23.2 Å². The van der Waals surface area contributed by atoms with Gasteiger partial charge in [0, 0.05) is 28.5 Å². The maximum atomic E-state index is 10.3. The first-order chi connectivity index (χ1) is 10.1. The standard InChI is InChI=1S/C17H23Cl2NO/c18-13-8-7-12(15(19)10-13)11-20-9-3-5-16(20)14-4-1-2-6-17(14)21/h7-8,10,14,16-17,21H,1-6,9,11H2. The van der Waals surface area contributed by atoms with Crippen molar-refractivity contribution in [3.63, 3.8) is 0 Å². The smallest absolute Gasteiger partial charge is 0.0583 e. The Morgan fingerprint density at radius 1 is 1.10 bits per heavy atom. The normalized spacial score (nSPS) is 30.7. The fourth-order valence-corrected chi connectivity index (χ4v) is 4.46. The molecule has 0 aromatic heterocycles. The van der Waals surface area contributed by atoms with Crippen LogP contribution < -0.4 is 0 Å². The number of halogens is 2. The summed E-state index contributed by atoms with van der Waals surface area (Å²) in [5.41, 5.74) is 1.14. The number of hydrogen-bond acceptors (Lipinski definition) is 2. The Morgan fingerprint density at radius 3 is 2.67 bits per heavy atom. The van der Waals surface area contributed by atoms with Gasteiger partial charge in [0.15, 0.2) is 0 Å². The molecule has 3 rings (SSSR count). The van der Waals surface area contributed by atoms with Crippen LogP contribution in [-0.4, -0.2) is 28.7 Å². The van der Waals surface area contributed by atoms with Crippen molar-refractivity contribution in [1.82, 2.24) is 4.90 Å². The zero-order valence-electron chi connectivity index (χ0n) is 12.3. The molecule has 1 aliphatic heterocycles. The lowest BCUT2D eigenvalue weighted by atomic mass is 9.80. The molecule has 116 valence electrons. The quantitative estimate of drug-likeness (QED) is 0.882. The van der Waals surface area contributed by atoms with Gasteiger partial charge in [-0.2, -0.15) is 0 Å². The van der Waals surface area contributed by atoms with Crippen LogP contribution in [0.5, 0.6) is 0 Å². The van der Waals surface area contributed by atoms with Crippen LogP contribution in [-0.2, 0) is 6.54 Å². The number of hydrogen-bond donors (Lipinski definition) is 1. The fraction of sp³-hybridized carbons (Fsp3) is 0.647. The van der Waals surface area contributed by atoms with Gasteiger partial charge in [0.2, 0.25) is 0 Å². The van der Waals surface area contributed by atoms with Crippen molar-refractivity contribution in [2.24, 2.45) is 5.92 Å². The molecule has 21 heavy (non-hydrogen) atoms. The second-order valence-electron chi connectivity index (χ2n) is 6.43. The third-order valence-electron chi connectivity index (χ3n) is 5.08. The summed E-state index contributed by atoms with van der Waals surface area (Å²) in [7, 11) is 0. The summed E-state index contributed by atoms with van der Waals surface area (Å²) in [6.45, 7) is 1.97. The highest BCUT2D eigenvalue weighted by Gasteiger charge is 2.36. The molecule has 2 fully saturated rings. The largest absolute Gasteiger partial charge is 0.393 e. The molecular weight excluding hydrogens is 305 g/mol. The van der Waals surface area contributed by atoms with Gasteiger partial charge in [-0.15, -0.1) is 0 Å². The molecule has 1 aromatic rings. The van der Waals surface area contributed by atoms with Gasteiger partial charge >= 0.3 is 0 Å². The summed E-state index contributed by atoms with van der Waals surface area (Å²) in [4.78, 5) is 2.51. The van der Waals surface area contributed by atoms with E-state index >= 15 is 0 Å². The Hall–Kier alpha value is -0.280. The predicted molar refractivity (Wildman–Crippen MR) is 87.9 cm³/mol. The number of nitrogens with zero attached hydrogens (tertiary/aromatic N) is 1. The van der Waals surface area contributed by atoms with Gasteiger partial charge in [0.1, 0.15) is 0 Å². The van der Waals surface area contributed by atoms with E-state index < -0.39 is 0 Å². The first kappa shape index (κ1) is 15.6. The molecule has 3 atom stereocenters. The van der Waals surface area contributed by atoms with Crippen molar-refractivity contribution in [1.29, 1.82) is 0 Å². The SMILES string of the molecule is OC1CCCCC1C1CCCN1Cc1ccc(Cl)cc1Cl. The molecule has 1 aliphatic carbocycles. The summed E-state index contributed by atoms with van der Waals surface area (Å²) >= 11 is 12.3. The van der Waals surface area contributed by atoms with Crippen molar-refractivity contribution >= 4 is 23.2 Å². The average Bonchev–Trinajstić information content (AvgIpc) is 2.90. The number of benzene rings is 1. The number of rotatable bonds is 3. The number of aliphatic hydroxyl groups is 1. The molecule has 2 nitrogen and oxygen atoms in total. The number of aliphatic hydroxyl groups excluding tert-OH is 1. The van der Waals surface area contributed by atoms with E-state index in [1.807, 2.05) is 18.2 Å². The molecule has 1 N–H and O–H groups in total. The topological polar surface area (TPSA) is 23.5 Å². The van der Waals surface area contributed by atoms with E-state index in [1.54, 1.807) is 0 Å². The Balaban J connectivity index is 1.71. The lowest BCUT2D eigenvalue weighted by Gasteiger charge is -2.37. The van der Waals surface area contributed by atoms with Gasteiger partial charge < -0.3 is 5.11 Å². The van der Waals surface area contributed by atoms with E-state index in [9.17, 15) is 5.11 Å². The fourth-order valence-electron chi connectivity index (χ4n) is 3.99. The summed E-state index contributed by atoms with van der Waals surface area (Å²) in [6.07, 6.45) is 6.87. The Labute approximate surface area is 137 Å². The van der Waals surface area contributed by atoms with Crippen LogP contribution in [0.25, 0.3) is 0 Å². The highest BCUT2D eigenvalue weighted by atomic mass is 35.5. The van der Waals surface area contributed by atoms with Gasteiger partial charge in [-0.1, -0.05) is 42.1 Å². The Morgan fingerprint density at radius 2 is 1.90 bits per heavy atom. The van der Waals surface area contributed by atoms with E-state index in [0.29, 0.717) is 17.0 Å². The van der Waals surface area contributed by atoms with Crippen molar-refractivity contribution in [3.05, 3.63) is 33.8 Å². The van der Waals surface area contributed by atoms with Gasteiger partial charge in [-0.05, 0) is 49.9 Å². The molecule has 0 amide bonds. The predicted octanol–water partition coefficient (Wildman–Crippen LogP) is 4.51. The van der Waals surface area contributed by atoms with Crippen LogP contribution in [0.2, 0.25) is 10.0 Å². The van der Waals surface area contributed by atoms with Crippen molar-refractivity contribution < 1.29 is 5.11 Å². The summed E-state index contributed by atoms with van der Waals surface area (Å²) < 4.78 is 0. The van der Waals surface area contributed by atoms with Crippen LogP contribution in [0.3, 0.4) is 0 Å². The van der Waals surface area contributed by atoms with Gasteiger partial charge in [0.25, 0.3) is 0 Å². The maximum absolute atomic E-state index is 10.3. The molecule has 0 bridgehead atoms. The molecule has 1 saturated heterocycles. The minimum atomic E-state index is -0.120. The molecule has 1 saturated carbocycles. The van der Waals surface area contributed by atoms with Gasteiger partial charge in [0.05, 0.1) is 6.10 Å². The minimum Gasteiger partial charge on any atom is -0.393 e. The average molecular weight is 328 g/mol. The number of likely N-dealkylation sites (tertiary alicyclic amines) is 1. The minimum absolute atomic E-state index is 0.120. The third-order valence-corrected chi connectivity index (χ3v) is 5.67. The molecular formula is C17H23Cl2NO. The first-order valence-corrected chi connectivity index (χ1v) is 8.77. The Bertz CT molecular complexity index is 494. The first-order valence-electron chi connectivity index (χ1n) is 8.01. The zero-order valence-corrected chi connectivity index (χ0v) is 13.8. The van der Waals surface area contributed by atoms with E-state index in [0.717, 1.165) is 36.5 Å². The van der Waals surface area contributed by atoms with Crippen LogP contribution in [0.15, 0.2) is 18.2 Å². The highest BCUT2D eigenvalue weighted by molar-refractivity contribution is 6.35. The summed E-state index contributed by atoms with van der Waals surface area (Å²) in [5.74, 6) is 0.437. The van der Waals surface area contributed by atoms with Gasteiger partial charge in [-0.25, -0.2) is 0 Å². The van der Waals surface area contributed by atoms with Crippen LogP contribution in [0.1, 0.15) is 44.1 Å². The van der Waals surface area contributed by atoms with E-state index in [-0.39, 0.29) is 6.10 Å². The second-order valence-corrected chi connectivity index (χ2v) is 7.28. The van der Waals surface area contributed by atoms with Crippen LogP contribution in [0, 0.1) is 5.92 Å². The lowest BCUT2D eigenvalue weighted by Crippen LogP contribution is -2.42. The van der Waals surface area contributed by atoms with Crippen LogP contribution in [0.4, 0.5) is 0 Å². The van der Waals surface area contributed by atoms with Gasteiger partial charge in [-0.3, -0.25) is 4.90 Å². The Kier molecular flexibility index (Phi) is 5.11. The van der Waals surface area contributed by atoms with Crippen molar-refractivity contribution in [3.8, 4) is 0 Å². The molecule has 4 heteroatoms. The summed E-state index contributed by atoms with van der Waals surface area (Å²) in [6, 6.07) is 6.26. The third kappa shape index (κ3) is 3.56. The second kappa shape index (κ2) is 6.87. The van der Waals surface area contributed by atoms with Crippen LogP contribution >= 0.6 is 23.2 Å². The van der Waals surface area contributed by atoms with E-state index in [1.165, 1.54) is 25.7 Å². The molecule has 1 aromatic carbocycles. The van der Waals surface area contributed by atoms with E-state index in [2.05, 4.69) is 4.90 Å². The maximum Gasteiger partial charge on any atom is 0.0583 e. The zero-order chi connectivity index (χ0) is 14.8. The molecule has 2 aliphatic rings. The monoisotopic (exact) mass is 327 g/mol. The molecule has 0 spiro atoms. The van der Waals surface area contributed by atoms with Crippen molar-refractivity contribution in [2.45, 2.75) is 57.2 Å². The highest BCUT2D eigenvalue weighted by Crippen LogP contribution is 2.36. The lowest BCUT2D eigenvalue weighted by molar-refractivity contribution is 0.0202. The molecule has 3 unspecified atom stereocenters. The van der Waals surface area contributed by atoms with Crippen molar-refractivity contribution in [2.75, 3.05) is 6.54 Å². The molecule has 1 heterocycles. The molecule has 0 radical (unpaired) electrons.